The van der Waals surface area contributed by atoms with Gasteiger partial charge in [-0.05, 0) is 50.4 Å². The van der Waals surface area contributed by atoms with E-state index in [0.717, 1.165) is 24.0 Å². The molecule has 1 aromatic rings. The molecule has 0 spiro atoms. The van der Waals surface area contributed by atoms with Gasteiger partial charge in [-0.1, -0.05) is 0 Å². The highest BCUT2D eigenvalue weighted by molar-refractivity contribution is 5.79. The molecule has 1 unspecified atom stereocenters. The molecule has 0 aliphatic carbocycles. The van der Waals surface area contributed by atoms with Crippen LogP contribution in [-0.4, -0.2) is 54.0 Å². The number of carboxylic acid groups (broad SMARTS) is 1. The van der Waals surface area contributed by atoms with Crippen LogP contribution in [-0.2, 0) is 11.3 Å². The fraction of sp³-hybridized carbons (Fsp3) is 0.588. The van der Waals surface area contributed by atoms with Gasteiger partial charge >= 0.3 is 5.97 Å². The van der Waals surface area contributed by atoms with Gasteiger partial charge in [0, 0.05) is 6.54 Å². The van der Waals surface area contributed by atoms with Crippen molar-refractivity contribution < 1.29 is 24.5 Å². The Morgan fingerprint density at radius 3 is 2.35 bits per heavy atom. The summed E-state index contributed by atoms with van der Waals surface area (Å²) in [5, 5.41) is 19.4. The largest absolute Gasteiger partial charge is 0.496 e. The van der Waals surface area contributed by atoms with Crippen molar-refractivity contribution in [3.63, 3.8) is 0 Å². The Balaban J connectivity index is 2.41. The van der Waals surface area contributed by atoms with Crippen molar-refractivity contribution in [2.24, 2.45) is 0 Å². The number of methoxy groups -OCH3 is 2. The van der Waals surface area contributed by atoms with Gasteiger partial charge in [0.1, 0.15) is 17.0 Å². The standard InChI is InChI=1S/C17H25NO5/c1-12-8-14(22-2)13(15(9-12)23-3)10-18-7-5-4-6-17(18,11-19)16(20)21/h8-9,19H,4-7,10-11H2,1-3H3,(H,20,21). The number of piperidine rings is 1. The number of carboxylic acids is 1. The second kappa shape index (κ2) is 7.19. The van der Waals surface area contributed by atoms with Crippen LogP contribution < -0.4 is 9.47 Å². The van der Waals surface area contributed by atoms with E-state index in [-0.39, 0.29) is 0 Å². The highest BCUT2D eigenvalue weighted by atomic mass is 16.5. The van der Waals surface area contributed by atoms with E-state index in [2.05, 4.69) is 0 Å². The highest BCUT2D eigenvalue weighted by Gasteiger charge is 2.45. The Kier molecular flexibility index (Phi) is 5.49. The van der Waals surface area contributed by atoms with Crippen molar-refractivity contribution in [1.29, 1.82) is 0 Å². The second-order valence-corrected chi connectivity index (χ2v) is 6.02. The minimum absolute atomic E-state index is 0.361. The Labute approximate surface area is 136 Å². The second-order valence-electron chi connectivity index (χ2n) is 6.02. The zero-order valence-corrected chi connectivity index (χ0v) is 14.0. The molecule has 23 heavy (non-hydrogen) atoms. The van der Waals surface area contributed by atoms with Crippen LogP contribution in [0.1, 0.15) is 30.4 Å². The van der Waals surface area contributed by atoms with Crippen LogP contribution in [0, 0.1) is 6.92 Å². The third kappa shape index (κ3) is 3.28. The van der Waals surface area contributed by atoms with Gasteiger partial charge in [0.25, 0.3) is 0 Å². The van der Waals surface area contributed by atoms with Crippen molar-refractivity contribution in [1.82, 2.24) is 4.90 Å². The lowest BCUT2D eigenvalue weighted by molar-refractivity contribution is -0.158. The van der Waals surface area contributed by atoms with E-state index in [9.17, 15) is 15.0 Å². The number of aliphatic hydroxyl groups is 1. The molecule has 0 saturated carbocycles. The van der Waals surface area contributed by atoms with Crippen LogP contribution in [0.25, 0.3) is 0 Å². The number of nitrogens with zero attached hydrogens (tertiary/aromatic N) is 1. The Morgan fingerprint density at radius 2 is 1.87 bits per heavy atom. The maximum Gasteiger partial charge on any atom is 0.326 e. The minimum atomic E-state index is -1.24. The molecular weight excluding hydrogens is 298 g/mol. The fourth-order valence-electron chi connectivity index (χ4n) is 3.27. The molecule has 1 aliphatic rings. The summed E-state index contributed by atoms with van der Waals surface area (Å²) in [6, 6.07) is 3.81. The van der Waals surface area contributed by atoms with Gasteiger partial charge in [-0.3, -0.25) is 9.69 Å². The first-order chi connectivity index (χ1) is 11.0. The number of aliphatic hydroxyl groups excluding tert-OH is 1. The monoisotopic (exact) mass is 323 g/mol. The van der Waals surface area contributed by atoms with E-state index < -0.39 is 18.1 Å². The summed E-state index contributed by atoms with van der Waals surface area (Å²) in [5.74, 6) is 0.360. The zero-order valence-electron chi connectivity index (χ0n) is 14.0. The van der Waals surface area contributed by atoms with Gasteiger partial charge in [0.15, 0.2) is 0 Å². The molecule has 1 saturated heterocycles. The average Bonchev–Trinajstić information content (AvgIpc) is 2.56. The molecule has 0 aromatic heterocycles. The summed E-state index contributed by atoms with van der Waals surface area (Å²) in [4.78, 5) is 13.6. The Hall–Kier alpha value is -1.79. The van der Waals surface area contributed by atoms with Gasteiger partial charge in [0.2, 0.25) is 0 Å². The molecular formula is C17H25NO5. The maximum absolute atomic E-state index is 11.8. The normalized spacial score (nSPS) is 21.9. The predicted octanol–water partition coefficient (Wildman–Crippen LogP) is 1.81. The topological polar surface area (TPSA) is 79.2 Å². The number of ether oxygens (including phenoxy) is 2. The summed E-state index contributed by atoms with van der Waals surface area (Å²) in [5.41, 5.74) is 0.577. The smallest absolute Gasteiger partial charge is 0.326 e. The highest BCUT2D eigenvalue weighted by Crippen LogP contribution is 2.36. The molecule has 1 heterocycles. The summed E-state index contributed by atoms with van der Waals surface area (Å²) in [7, 11) is 3.18. The summed E-state index contributed by atoms with van der Waals surface area (Å²) >= 11 is 0. The van der Waals surface area contributed by atoms with Crippen LogP contribution in [0.15, 0.2) is 12.1 Å². The van der Waals surface area contributed by atoms with Crippen LogP contribution in [0.2, 0.25) is 0 Å². The molecule has 2 rings (SSSR count). The summed E-state index contributed by atoms with van der Waals surface area (Å²) in [6.45, 7) is 2.52. The Morgan fingerprint density at radius 1 is 1.26 bits per heavy atom. The van der Waals surface area contributed by atoms with E-state index in [1.54, 1.807) is 14.2 Å². The van der Waals surface area contributed by atoms with E-state index in [1.165, 1.54) is 0 Å². The first-order valence-corrected chi connectivity index (χ1v) is 7.79. The molecule has 1 aliphatic heterocycles. The number of rotatable bonds is 6. The number of hydrogen-bond acceptors (Lipinski definition) is 5. The molecule has 128 valence electrons. The molecule has 6 heteroatoms. The van der Waals surface area contributed by atoms with Crippen molar-refractivity contribution >= 4 is 5.97 Å². The van der Waals surface area contributed by atoms with Gasteiger partial charge in [0.05, 0.1) is 26.4 Å². The first-order valence-electron chi connectivity index (χ1n) is 7.79. The van der Waals surface area contributed by atoms with Crippen molar-refractivity contribution in [2.45, 2.75) is 38.3 Å². The van der Waals surface area contributed by atoms with Gasteiger partial charge in [-0.15, -0.1) is 0 Å². The first kappa shape index (κ1) is 17.6. The number of hydrogen-bond donors (Lipinski definition) is 2. The van der Waals surface area contributed by atoms with E-state index in [0.29, 0.717) is 31.0 Å². The van der Waals surface area contributed by atoms with E-state index in [4.69, 9.17) is 9.47 Å². The minimum Gasteiger partial charge on any atom is -0.496 e. The molecule has 2 N–H and O–H groups in total. The lowest BCUT2D eigenvalue weighted by Gasteiger charge is -2.43. The number of benzene rings is 1. The van der Waals surface area contributed by atoms with Gasteiger partial charge in [-0.2, -0.15) is 0 Å². The number of aryl methyl sites for hydroxylation is 1. The molecule has 1 aromatic carbocycles. The van der Waals surface area contributed by atoms with Crippen LogP contribution in [0.3, 0.4) is 0 Å². The van der Waals surface area contributed by atoms with Crippen LogP contribution in [0.5, 0.6) is 11.5 Å². The third-order valence-electron chi connectivity index (χ3n) is 4.63. The van der Waals surface area contributed by atoms with Gasteiger partial charge in [-0.25, -0.2) is 0 Å². The molecule has 6 nitrogen and oxygen atoms in total. The van der Waals surface area contributed by atoms with Crippen molar-refractivity contribution in [2.75, 3.05) is 27.4 Å². The number of carbonyl (C=O) groups is 1. The van der Waals surface area contributed by atoms with Crippen LogP contribution in [0.4, 0.5) is 0 Å². The fourth-order valence-corrected chi connectivity index (χ4v) is 3.27. The molecule has 1 atom stereocenters. The number of likely N-dealkylation sites (tertiary alicyclic amines) is 1. The SMILES string of the molecule is COc1cc(C)cc(OC)c1CN1CCCCC1(CO)C(=O)O. The van der Waals surface area contributed by atoms with Crippen LogP contribution >= 0.6 is 0 Å². The lowest BCUT2D eigenvalue weighted by atomic mass is 9.86. The molecule has 0 amide bonds. The zero-order chi connectivity index (χ0) is 17.0. The van der Waals surface area contributed by atoms with Crippen molar-refractivity contribution in [3.8, 4) is 11.5 Å². The maximum atomic E-state index is 11.8. The van der Waals surface area contributed by atoms with E-state index >= 15 is 0 Å². The lowest BCUT2D eigenvalue weighted by Crippen LogP contribution is -2.59. The quantitative estimate of drug-likeness (QED) is 0.831. The number of aliphatic carboxylic acids is 1. The molecule has 0 bridgehead atoms. The van der Waals surface area contributed by atoms with E-state index in [1.807, 2.05) is 24.0 Å². The van der Waals surface area contributed by atoms with Gasteiger partial charge < -0.3 is 19.7 Å². The average molecular weight is 323 g/mol. The Bertz CT molecular complexity index is 549. The van der Waals surface area contributed by atoms with Crippen molar-refractivity contribution in [3.05, 3.63) is 23.3 Å². The molecule has 1 fully saturated rings. The summed E-state index contributed by atoms with van der Waals surface area (Å²) in [6.07, 6.45) is 2.15. The third-order valence-corrected chi connectivity index (χ3v) is 4.63. The molecule has 0 radical (unpaired) electrons. The predicted molar refractivity (Wildman–Crippen MR) is 86.0 cm³/mol. The summed E-state index contributed by atoms with van der Waals surface area (Å²) < 4.78 is 10.9.